The zero-order chi connectivity index (χ0) is 14.3. The summed E-state index contributed by atoms with van der Waals surface area (Å²) < 4.78 is 7.09. The third-order valence-electron chi connectivity index (χ3n) is 4.46. The molecule has 1 aromatic heterocycles. The Kier molecular flexibility index (Phi) is 3.89. The summed E-state index contributed by atoms with van der Waals surface area (Å²) in [6.07, 6.45) is 1.07. The van der Waals surface area contributed by atoms with Gasteiger partial charge in [0.15, 0.2) is 0 Å². The third kappa shape index (κ3) is 2.65. The smallest absolute Gasteiger partial charge is 0.134 e. The van der Waals surface area contributed by atoms with Crippen molar-refractivity contribution in [2.24, 2.45) is 11.7 Å². The topological polar surface area (TPSA) is 42.4 Å². The van der Waals surface area contributed by atoms with Crippen molar-refractivity contribution < 1.29 is 4.42 Å². The van der Waals surface area contributed by atoms with Gasteiger partial charge in [-0.15, -0.1) is 0 Å². The molecule has 0 aliphatic carbocycles. The molecule has 1 aliphatic rings. The lowest BCUT2D eigenvalue weighted by atomic mass is 9.93. The molecule has 2 heterocycles. The van der Waals surface area contributed by atoms with Crippen LogP contribution in [-0.4, -0.2) is 24.0 Å². The largest absolute Gasteiger partial charge is 0.459 e. The van der Waals surface area contributed by atoms with Crippen molar-refractivity contribution in [3.8, 4) is 0 Å². The van der Waals surface area contributed by atoms with Crippen LogP contribution in [0.15, 0.2) is 33.2 Å². The van der Waals surface area contributed by atoms with Crippen LogP contribution in [0.4, 0.5) is 0 Å². The standard InChI is InChI=1S/C16H21BrN2O/c1-10-9-19(6-5-14(10)18)11(2)16-8-12-7-13(17)3-4-15(12)20-16/h3-4,7-8,10-11,14H,5-6,9,18H2,1-2H3. The molecule has 2 aromatic rings. The Morgan fingerprint density at radius 3 is 2.95 bits per heavy atom. The predicted molar refractivity (Wildman–Crippen MR) is 85.7 cm³/mol. The average molecular weight is 337 g/mol. The van der Waals surface area contributed by atoms with Crippen LogP contribution in [0.25, 0.3) is 11.0 Å². The third-order valence-corrected chi connectivity index (χ3v) is 4.95. The van der Waals surface area contributed by atoms with Gasteiger partial charge in [-0.2, -0.15) is 0 Å². The minimum Gasteiger partial charge on any atom is -0.459 e. The Morgan fingerprint density at radius 1 is 1.40 bits per heavy atom. The first kappa shape index (κ1) is 14.1. The number of rotatable bonds is 2. The van der Waals surface area contributed by atoms with Crippen molar-refractivity contribution >= 4 is 26.9 Å². The van der Waals surface area contributed by atoms with Gasteiger partial charge in [0.2, 0.25) is 0 Å². The summed E-state index contributed by atoms with van der Waals surface area (Å²) in [5.41, 5.74) is 7.06. The van der Waals surface area contributed by atoms with Gasteiger partial charge in [0.05, 0.1) is 6.04 Å². The number of hydrogen-bond acceptors (Lipinski definition) is 3. The van der Waals surface area contributed by atoms with E-state index < -0.39 is 0 Å². The van der Waals surface area contributed by atoms with E-state index in [1.807, 2.05) is 12.1 Å². The SMILES string of the molecule is CC1CN(C(C)c2cc3cc(Br)ccc3o2)CCC1N. The van der Waals surface area contributed by atoms with Crippen molar-refractivity contribution in [2.45, 2.75) is 32.4 Å². The molecule has 0 spiro atoms. The number of benzene rings is 1. The van der Waals surface area contributed by atoms with E-state index in [4.69, 9.17) is 10.2 Å². The molecular formula is C16H21BrN2O. The molecule has 1 fully saturated rings. The second kappa shape index (κ2) is 5.51. The quantitative estimate of drug-likeness (QED) is 0.903. The van der Waals surface area contributed by atoms with Crippen molar-refractivity contribution in [3.63, 3.8) is 0 Å². The van der Waals surface area contributed by atoms with Gasteiger partial charge in [0.1, 0.15) is 11.3 Å². The van der Waals surface area contributed by atoms with Gasteiger partial charge in [-0.3, -0.25) is 4.90 Å². The average Bonchev–Trinajstić information content (AvgIpc) is 2.84. The molecule has 1 aliphatic heterocycles. The highest BCUT2D eigenvalue weighted by molar-refractivity contribution is 9.10. The molecule has 20 heavy (non-hydrogen) atoms. The molecule has 3 rings (SSSR count). The number of furan rings is 1. The fourth-order valence-corrected chi connectivity index (χ4v) is 3.35. The van der Waals surface area contributed by atoms with Crippen LogP contribution in [0, 0.1) is 5.92 Å². The van der Waals surface area contributed by atoms with E-state index in [-0.39, 0.29) is 0 Å². The molecule has 4 heteroatoms. The van der Waals surface area contributed by atoms with Gasteiger partial charge in [-0.25, -0.2) is 0 Å². The maximum absolute atomic E-state index is 6.10. The van der Waals surface area contributed by atoms with Crippen LogP contribution in [-0.2, 0) is 0 Å². The Hall–Kier alpha value is -0.840. The Bertz CT molecular complexity index is 610. The molecule has 0 bridgehead atoms. The lowest BCUT2D eigenvalue weighted by Crippen LogP contribution is -2.46. The van der Waals surface area contributed by atoms with E-state index in [2.05, 4.69) is 46.8 Å². The van der Waals surface area contributed by atoms with E-state index in [9.17, 15) is 0 Å². The van der Waals surface area contributed by atoms with Crippen molar-refractivity contribution in [2.75, 3.05) is 13.1 Å². The summed E-state index contributed by atoms with van der Waals surface area (Å²) in [5, 5.41) is 1.16. The Balaban J connectivity index is 1.83. The van der Waals surface area contributed by atoms with Gasteiger partial charge in [0, 0.05) is 29.0 Å². The first-order chi connectivity index (χ1) is 9.54. The van der Waals surface area contributed by atoms with Crippen molar-refractivity contribution in [1.29, 1.82) is 0 Å². The van der Waals surface area contributed by atoms with Crippen molar-refractivity contribution in [3.05, 3.63) is 34.5 Å². The Labute approximate surface area is 128 Å². The number of fused-ring (bicyclic) bond motifs is 1. The van der Waals surface area contributed by atoms with E-state index in [0.717, 1.165) is 40.7 Å². The predicted octanol–water partition coefficient (Wildman–Crippen LogP) is 3.93. The zero-order valence-electron chi connectivity index (χ0n) is 12.0. The summed E-state index contributed by atoms with van der Waals surface area (Å²) >= 11 is 3.50. The summed E-state index contributed by atoms with van der Waals surface area (Å²) in [6.45, 7) is 6.55. The number of nitrogens with zero attached hydrogens (tertiary/aromatic N) is 1. The van der Waals surface area contributed by atoms with Gasteiger partial charge < -0.3 is 10.2 Å². The molecule has 0 amide bonds. The lowest BCUT2D eigenvalue weighted by Gasteiger charge is -2.37. The molecule has 3 unspecified atom stereocenters. The highest BCUT2D eigenvalue weighted by Gasteiger charge is 2.28. The van der Waals surface area contributed by atoms with Gasteiger partial charge in [0.25, 0.3) is 0 Å². The highest BCUT2D eigenvalue weighted by Crippen LogP contribution is 2.31. The van der Waals surface area contributed by atoms with Crippen LogP contribution in [0.2, 0.25) is 0 Å². The molecule has 3 nitrogen and oxygen atoms in total. The highest BCUT2D eigenvalue weighted by atomic mass is 79.9. The number of hydrogen-bond donors (Lipinski definition) is 1. The first-order valence-electron chi connectivity index (χ1n) is 7.23. The molecule has 0 saturated carbocycles. The number of nitrogens with two attached hydrogens (primary N) is 1. The number of halogens is 1. The lowest BCUT2D eigenvalue weighted by molar-refractivity contribution is 0.113. The van der Waals surface area contributed by atoms with Crippen LogP contribution in [0.1, 0.15) is 32.1 Å². The van der Waals surface area contributed by atoms with Gasteiger partial charge in [-0.1, -0.05) is 22.9 Å². The number of likely N-dealkylation sites (tertiary alicyclic amines) is 1. The van der Waals surface area contributed by atoms with Crippen LogP contribution in [0.5, 0.6) is 0 Å². The zero-order valence-corrected chi connectivity index (χ0v) is 13.6. The van der Waals surface area contributed by atoms with Crippen LogP contribution in [0.3, 0.4) is 0 Å². The summed E-state index contributed by atoms with van der Waals surface area (Å²) in [5.74, 6) is 1.59. The van der Waals surface area contributed by atoms with Crippen molar-refractivity contribution in [1.82, 2.24) is 4.90 Å². The molecule has 1 aromatic carbocycles. The minimum atomic E-state index is 0.302. The normalized spacial score (nSPS) is 26.0. The van der Waals surface area contributed by atoms with Crippen LogP contribution < -0.4 is 5.73 Å². The fourth-order valence-electron chi connectivity index (χ4n) is 2.97. The summed E-state index contributed by atoms with van der Waals surface area (Å²) in [4.78, 5) is 2.47. The Morgan fingerprint density at radius 2 is 2.20 bits per heavy atom. The minimum absolute atomic E-state index is 0.302. The second-order valence-electron chi connectivity index (χ2n) is 5.93. The molecule has 108 valence electrons. The van der Waals surface area contributed by atoms with E-state index in [1.165, 1.54) is 0 Å². The first-order valence-corrected chi connectivity index (χ1v) is 8.02. The van der Waals surface area contributed by atoms with Gasteiger partial charge >= 0.3 is 0 Å². The molecule has 2 N–H and O–H groups in total. The maximum atomic E-state index is 6.10. The van der Waals surface area contributed by atoms with E-state index in [1.54, 1.807) is 0 Å². The van der Waals surface area contributed by atoms with Crippen LogP contribution >= 0.6 is 15.9 Å². The maximum Gasteiger partial charge on any atom is 0.134 e. The molecule has 1 saturated heterocycles. The van der Waals surface area contributed by atoms with E-state index >= 15 is 0 Å². The van der Waals surface area contributed by atoms with Gasteiger partial charge in [-0.05, 0) is 43.5 Å². The van der Waals surface area contributed by atoms with E-state index in [0.29, 0.717) is 18.0 Å². The molecular weight excluding hydrogens is 316 g/mol. The summed E-state index contributed by atoms with van der Waals surface area (Å²) in [6, 6.07) is 8.93. The number of piperidine rings is 1. The molecule has 0 radical (unpaired) electrons. The fraction of sp³-hybridized carbons (Fsp3) is 0.500. The second-order valence-corrected chi connectivity index (χ2v) is 6.85. The molecule has 3 atom stereocenters. The monoisotopic (exact) mass is 336 g/mol. The summed E-state index contributed by atoms with van der Waals surface area (Å²) in [7, 11) is 0.